The molecule has 106 valence electrons. The minimum Gasteiger partial charge on any atom is -0.378 e. The summed E-state index contributed by atoms with van der Waals surface area (Å²) in [5.41, 5.74) is 6.48. The van der Waals surface area contributed by atoms with E-state index >= 15 is 0 Å². The Morgan fingerprint density at radius 2 is 2.00 bits per heavy atom. The summed E-state index contributed by atoms with van der Waals surface area (Å²) in [4.78, 5) is 0. The highest BCUT2D eigenvalue weighted by Crippen LogP contribution is 2.33. The smallest absolute Gasteiger partial charge is 0.0547 e. The summed E-state index contributed by atoms with van der Waals surface area (Å²) in [5, 5.41) is 8.09. The minimum atomic E-state index is 0.382. The number of rotatable bonds is 2. The Bertz CT molecular complexity index is 622. The summed E-state index contributed by atoms with van der Waals surface area (Å²) < 4.78 is 3.22. The van der Waals surface area contributed by atoms with Crippen LogP contribution in [0.1, 0.15) is 41.3 Å². The molecule has 4 heteroatoms. The van der Waals surface area contributed by atoms with Gasteiger partial charge in [0.15, 0.2) is 0 Å². The van der Waals surface area contributed by atoms with Crippen molar-refractivity contribution in [2.45, 2.75) is 39.2 Å². The molecule has 3 nitrogen and oxygen atoms in total. The van der Waals surface area contributed by atoms with Crippen molar-refractivity contribution < 1.29 is 0 Å². The lowest BCUT2D eigenvalue weighted by Gasteiger charge is -2.25. The Labute approximate surface area is 128 Å². The summed E-state index contributed by atoms with van der Waals surface area (Å²) in [7, 11) is 2.04. The van der Waals surface area contributed by atoms with Gasteiger partial charge >= 0.3 is 0 Å². The van der Waals surface area contributed by atoms with Crippen molar-refractivity contribution in [2.75, 3.05) is 5.32 Å². The zero-order chi connectivity index (χ0) is 14.3. The van der Waals surface area contributed by atoms with Crippen molar-refractivity contribution >= 4 is 21.6 Å². The van der Waals surface area contributed by atoms with Crippen LogP contribution in [0.25, 0.3) is 0 Å². The van der Waals surface area contributed by atoms with E-state index in [9.17, 15) is 0 Å². The molecule has 0 aliphatic heterocycles. The summed E-state index contributed by atoms with van der Waals surface area (Å²) >= 11 is 3.63. The number of nitrogens with one attached hydrogen (secondary N) is 1. The molecule has 1 aromatic heterocycles. The van der Waals surface area contributed by atoms with Crippen molar-refractivity contribution in [3.8, 4) is 0 Å². The van der Waals surface area contributed by atoms with Crippen LogP contribution >= 0.6 is 15.9 Å². The molecule has 0 radical (unpaired) electrons. The van der Waals surface area contributed by atoms with Gasteiger partial charge < -0.3 is 5.32 Å². The van der Waals surface area contributed by atoms with E-state index in [0.717, 1.165) is 6.42 Å². The summed E-state index contributed by atoms with van der Waals surface area (Å²) in [5.74, 6) is 0. The molecule has 1 unspecified atom stereocenters. The third-order valence-electron chi connectivity index (χ3n) is 4.15. The fourth-order valence-corrected chi connectivity index (χ4v) is 3.32. The number of hydrogen-bond donors (Lipinski definition) is 1. The van der Waals surface area contributed by atoms with Crippen LogP contribution in [0.4, 0.5) is 5.69 Å². The standard InChI is InChI=1S/C16H20BrN3/c1-10-7-12(8-11(2)16(10)17)19-14-5-4-6-15-13(14)9-18-20(15)3/h7-9,14,19H,4-6H2,1-3H3. The maximum Gasteiger partial charge on any atom is 0.0547 e. The van der Waals surface area contributed by atoms with E-state index in [1.165, 1.54) is 45.4 Å². The molecule has 1 N–H and O–H groups in total. The molecule has 1 aromatic carbocycles. The number of anilines is 1. The van der Waals surface area contributed by atoms with E-state index in [2.05, 4.69) is 52.3 Å². The van der Waals surface area contributed by atoms with Crippen LogP contribution in [0.3, 0.4) is 0 Å². The number of fused-ring (bicyclic) bond motifs is 1. The van der Waals surface area contributed by atoms with Gasteiger partial charge in [0.05, 0.1) is 12.2 Å². The molecule has 0 bridgehead atoms. The Balaban J connectivity index is 1.89. The van der Waals surface area contributed by atoms with Crippen molar-refractivity contribution in [1.29, 1.82) is 0 Å². The number of hydrogen-bond acceptors (Lipinski definition) is 2. The third-order valence-corrected chi connectivity index (χ3v) is 5.40. The number of benzene rings is 1. The fourth-order valence-electron chi connectivity index (χ4n) is 3.09. The second-order valence-electron chi connectivity index (χ2n) is 5.68. The average molecular weight is 334 g/mol. The van der Waals surface area contributed by atoms with Gasteiger partial charge in [-0.3, -0.25) is 4.68 Å². The van der Waals surface area contributed by atoms with Crippen LogP contribution in [0, 0.1) is 13.8 Å². The zero-order valence-corrected chi connectivity index (χ0v) is 13.8. The van der Waals surface area contributed by atoms with Crippen LogP contribution in [0.5, 0.6) is 0 Å². The quantitative estimate of drug-likeness (QED) is 0.888. The first-order valence-corrected chi connectivity index (χ1v) is 7.89. The molecule has 1 heterocycles. The molecular weight excluding hydrogens is 314 g/mol. The molecule has 1 aliphatic rings. The summed E-state index contributed by atoms with van der Waals surface area (Å²) in [6.45, 7) is 4.28. The Kier molecular flexibility index (Phi) is 3.59. The third kappa shape index (κ3) is 2.37. The highest BCUT2D eigenvalue weighted by molar-refractivity contribution is 9.10. The molecule has 2 aromatic rings. The van der Waals surface area contributed by atoms with Gasteiger partial charge in [-0.25, -0.2) is 0 Å². The van der Waals surface area contributed by atoms with Gasteiger partial charge in [0, 0.05) is 28.5 Å². The average Bonchev–Trinajstić information content (AvgIpc) is 2.79. The predicted molar refractivity (Wildman–Crippen MR) is 86.1 cm³/mol. The molecule has 0 saturated carbocycles. The van der Waals surface area contributed by atoms with Gasteiger partial charge in [-0.15, -0.1) is 0 Å². The molecular formula is C16H20BrN3. The van der Waals surface area contributed by atoms with Gasteiger partial charge in [-0.2, -0.15) is 5.10 Å². The van der Waals surface area contributed by atoms with Crippen molar-refractivity contribution in [3.05, 3.63) is 45.2 Å². The number of halogens is 1. The monoisotopic (exact) mass is 333 g/mol. The summed E-state index contributed by atoms with van der Waals surface area (Å²) in [6.07, 6.45) is 5.55. The van der Waals surface area contributed by atoms with Gasteiger partial charge in [0.2, 0.25) is 0 Å². The van der Waals surface area contributed by atoms with Crippen molar-refractivity contribution in [1.82, 2.24) is 9.78 Å². The first kappa shape index (κ1) is 13.7. The van der Waals surface area contributed by atoms with E-state index in [4.69, 9.17) is 0 Å². The first-order chi connectivity index (χ1) is 9.56. The highest BCUT2D eigenvalue weighted by atomic mass is 79.9. The lowest BCUT2D eigenvalue weighted by Crippen LogP contribution is -2.17. The molecule has 1 aliphatic carbocycles. The van der Waals surface area contributed by atoms with E-state index in [1.54, 1.807) is 0 Å². The van der Waals surface area contributed by atoms with Crippen molar-refractivity contribution in [2.24, 2.45) is 7.05 Å². The molecule has 20 heavy (non-hydrogen) atoms. The van der Waals surface area contributed by atoms with Gasteiger partial charge in [-0.1, -0.05) is 15.9 Å². The second kappa shape index (κ2) is 5.24. The summed E-state index contributed by atoms with van der Waals surface area (Å²) in [6, 6.07) is 4.80. The van der Waals surface area contributed by atoms with Gasteiger partial charge in [0.25, 0.3) is 0 Å². The lowest BCUT2D eigenvalue weighted by molar-refractivity contribution is 0.571. The molecule has 3 rings (SSSR count). The highest BCUT2D eigenvalue weighted by Gasteiger charge is 2.23. The number of aromatic nitrogens is 2. The van der Waals surface area contributed by atoms with E-state index < -0.39 is 0 Å². The molecule has 1 atom stereocenters. The maximum absolute atomic E-state index is 4.41. The lowest BCUT2D eigenvalue weighted by atomic mass is 9.92. The Morgan fingerprint density at radius 3 is 2.70 bits per heavy atom. The van der Waals surface area contributed by atoms with Crippen LogP contribution in [-0.4, -0.2) is 9.78 Å². The minimum absolute atomic E-state index is 0.382. The van der Waals surface area contributed by atoms with E-state index in [1.807, 2.05) is 17.9 Å². The predicted octanol–water partition coefficient (Wildman–Crippen LogP) is 4.29. The largest absolute Gasteiger partial charge is 0.378 e. The number of nitrogens with zero attached hydrogens (tertiary/aromatic N) is 2. The van der Waals surface area contributed by atoms with E-state index in [0.29, 0.717) is 6.04 Å². The zero-order valence-electron chi connectivity index (χ0n) is 12.2. The number of aryl methyl sites for hydroxylation is 3. The topological polar surface area (TPSA) is 29.9 Å². The SMILES string of the molecule is Cc1cc(NC2CCCc3c2cnn3C)cc(C)c1Br. The van der Waals surface area contributed by atoms with Crippen LogP contribution in [-0.2, 0) is 13.5 Å². The first-order valence-electron chi connectivity index (χ1n) is 7.10. The normalized spacial score (nSPS) is 17.9. The molecule has 0 saturated heterocycles. The molecule has 0 spiro atoms. The maximum atomic E-state index is 4.41. The van der Waals surface area contributed by atoms with Crippen LogP contribution < -0.4 is 5.32 Å². The molecule has 0 amide bonds. The fraction of sp³-hybridized carbons (Fsp3) is 0.438. The van der Waals surface area contributed by atoms with Crippen molar-refractivity contribution in [3.63, 3.8) is 0 Å². The molecule has 0 fully saturated rings. The van der Waals surface area contributed by atoms with Gasteiger partial charge in [-0.05, 0) is 56.4 Å². The van der Waals surface area contributed by atoms with E-state index in [-0.39, 0.29) is 0 Å². The Morgan fingerprint density at radius 1 is 1.30 bits per heavy atom. The Hall–Kier alpha value is -1.29. The van der Waals surface area contributed by atoms with Gasteiger partial charge in [0.1, 0.15) is 0 Å². The van der Waals surface area contributed by atoms with Crippen LogP contribution in [0.2, 0.25) is 0 Å². The second-order valence-corrected chi connectivity index (χ2v) is 6.48. The van der Waals surface area contributed by atoms with Crippen LogP contribution in [0.15, 0.2) is 22.8 Å².